The van der Waals surface area contributed by atoms with Gasteiger partial charge in [0.05, 0.1) is 0 Å². The topological polar surface area (TPSA) is 63.6 Å². The van der Waals surface area contributed by atoms with Gasteiger partial charge in [-0.05, 0) is 64.2 Å². The number of carbonyl (C=O) groups excluding carboxylic acids is 1. The summed E-state index contributed by atoms with van der Waals surface area (Å²) in [5.41, 5.74) is 0. The molecule has 0 saturated carbocycles. The highest BCUT2D eigenvalue weighted by Gasteiger charge is 2.14. The average Bonchev–Trinajstić information content (AvgIpc) is 3.02. The number of unbranched alkanes of at least 4 members (excludes halogenated alkanes) is 26. The maximum absolute atomic E-state index is 12.7. The summed E-state index contributed by atoms with van der Waals surface area (Å²) >= 11 is 0. The number of hydrogen-bond donors (Lipinski definition) is 1. The molecule has 0 fully saturated rings. The van der Waals surface area contributed by atoms with Crippen molar-refractivity contribution in [3.8, 4) is 0 Å². The zero-order valence-electron chi connectivity index (χ0n) is 30.4. The molecule has 266 valence electrons. The molecule has 0 amide bonds. The number of carboxylic acids is 1. The molecule has 0 rings (SSSR count). The normalized spacial score (nSPS) is 12.2. The molecule has 45 heavy (non-hydrogen) atoms. The van der Waals surface area contributed by atoms with E-state index in [0.717, 1.165) is 64.2 Å². The number of ether oxygens (including phenoxy) is 1. The SMILES string of the molecule is CCCCCC/C=C\CCCCCCCC(=O)OC(CCCCCCCCCCCCCCCC)CCCCCCCC(=O)O. The van der Waals surface area contributed by atoms with Crippen molar-refractivity contribution >= 4 is 11.9 Å². The summed E-state index contributed by atoms with van der Waals surface area (Å²) in [4.78, 5) is 23.4. The van der Waals surface area contributed by atoms with Gasteiger partial charge in [-0.15, -0.1) is 0 Å². The van der Waals surface area contributed by atoms with Crippen LogP contribution in [0.2, 0.25) is 0 Å². The van der Waals surface area contributed by atoms with E-state index in [2.05, 4.69) is 26.0 Å². The first-order valence-electron chi connectivity index (χ1n) is 20.2. The number of allylic oxidation sites excluding steroid dienone is 2. The van der Waals surface area contributed by atoms with Gasteiger partial charge in [-0.25, -0.2) is 0 Å². The number of rotatable bonds is 37. The minimum atomic E-state index is -0.698. The number of esters is 1. The lowest BCUT2D eigenvalue weighted by molar-refractivity contribution is -0.150. The van der Waals surface area contributed by atoms with E-state index in [9.17, 15) is 9.59 Å². The molecule has 4 nitrogen and oxygen atoms in total. The van der Waals surface area contributed by atoms with Crippen LogP contribution in [0.25, 0.3) is 0 Å². The first-order chi connectivity index (χ1) is 22.1. The molecule has 0 spiro atoms. The van der Waals surface area contributed by atoms with E-state index in [0.29, 0.717) is 6.42 Å². The summed E-state index contributed by atoms with van der Waals surface area (Å²) in [6.07, 6.45) is 45.1. The molecule has 1 atom stereocenters. The van der Waals surface area contributed by atoms with Crippen LogP contribution >= 0.6 is 0 Å². The smallest absolute Gasteiger partial charge is 0.306 e. The molecule has 0 saturated heterocycles. The van der Waals surface area contributed by atoms with Crippen LogP contribution in [-0.4, -0.2) is 23.1 Å². The van der Waals surface area contributed by atoms with E-state index in [-0.39, 0.29) is 18.5 Å². The van der Waals surface area contributed by atoms with Gasteiger partial charge < -0.3 is 9.84 Å². The second-order valence-corrected chi connectivity index (χ2v) is 13.8. The predicted octanol–water partition coefficient (Wildman–Crippen LogP) is 13.8. The lowest BCUT2D eigenvalue weighted by atomic mass is 10.0. The lowest BCUT2D eigenvalue weighted by Crippen LogP contribution is -2.18. The molecule has 0 radical (unpaired) electrons. The second-order valence-electron chi connectivity index (χ2n) is 13.8. The minimum Gasteiger partial charge on any atom is -0.481 e. The van der Waals surface area contributed by atoms with Gasteiger partial charge in [0.25, 0.3) is 0 Å². The zero-order valence-corrected chi connectivity index (χ0v) is 30.4. The molecule has 0 bridgehead atoms. The van der Waals surface area contributed by atoms with Gasteiger partial charge in [0.2, 0.25) is 0 Å². The second kappa shape index (κ2) is 37.1. The lowest BCUT2D eigenvalue weighted by Gasteiger charge is -2.18. The number of carboxylic acid groups (broad SMARTS) is 1. The fraction of sp³-hybridized carbons (Fsp3) is 0.902. The van der Waals surface area contributed by atoms with Crippen molar-refractivity contribution in [3.63, 3.8) is 0 Å². The zero-order chi connectivity index (χ0) is 32.9. The Bertz CT molecular complexity index is 643. The molecule has 0 aliphatic heterocycles. The van der Waals surface area contributed by atoms with Gasteiger partial charge >= 0.3 is 11.9 Å². The number of hydrogen-bond acceptors (Lipinski definition) is 3. The van der Waals surface area contributed by atoms with E-state index < -0.39 is 5.97 Å². The van der Waals surface area contributed by atoms with Crippen molar-refractivity contribution in [1.82, 2.24) is 0 Å². The number of carbonyl (C=O) groups is 2. The monoisotopic (exact) mass is 635 g/mol. The standard InChI is InChI=1S/C41H78O4/c1-3-5-7-9-11-13-15-17-19-20-22-24-27-31-35-39(36-32-28-26-29-33-37-40(42)43)45-41(44)38-34-30-25-23-21-18-16-14-12-10-8-6-4-2/h14,16,39H,3-13,15,17-38H2,1-2H3,(H,42,43)/b16-14-. The molecule has 0 aliphatic carbocycles. The van der Waals surface area contributed by atoms with Crippen molar-refractivity contribution in [2.24, 2.45) is 0 Å². The predicted molar refractivity (Wildman–Crippen MR) is 195 cm³/mol. The van der Waals surface area contributed by atoms with Crippen LogP contribution in [0.4, 0.5) is 0 Å². The summed E-state index contributed by atoms with van der Waals surface area (Å²) in [5.74, 6) is -0.700. The van der Waals surface area contributed by atoms with Crippen LogP contribution in [0.1, 0.15) is 232 Å². The van der Waals surface area contributed by atoms with Crippen LogP contribution < -0.4 is 0 Å². The van der Waals surface area contributed by atoms with Crippen LogP contribution in [0.15, 0.2) is 12.2 Å². The highest BCUT2D eigenvalue weighted by molar-refractivity contribution is 5.69. The first kappa shape index (κ1) is 43.7. The Labute approximate surface area is 281 Å². The first-order valence-corrected chi connectivity index (χ1v) is 20.2. The summed E-state index contributed by atoms with van der Waals surface area (Å²) in [6.45, 7) is 4.54. The van der Waals surface area contributed by atoms with Gasteiger partial charge in [-0.1, -0.05) is 167 Å². The van der Waals surface area contributed by atoms with Gasteiger partial charge in [-0.3, -0.25) is 9.59 Å². The Morgan fingerprint density at radius 3 is 1.22 bits per heavy atom. The van der Waals surface area contributed by atoms with Crippen molar-refractivity contribution in [3.05, 3.63) is 12.2 Å². The molecular weight excluding hydrogens is 556 g/mol. The molecule has 1 unspecified atom stereocenters. The van der Waals surface area contributed by atoms with E-state index in [1.165, 1.54) is 141 Å². The Balaban J connectivity index is 4.03. The quantitative estimate of drug-likeness (QED) is 0.0419. The Morgan fingerprint density at radius 2 is 0.800 bits per heavy atom. The molecule has 1 N–H and O–H groups in total. The van der Waals surface area contributed by atoms with Gasteiger partial charge in [0, 0.05) is 12.8 Å². The maximum atomic E-state index is 12.7. The average molecular weight is 635 g/mol. The summed E-state index contributed by atoms with van der Waals surface area (Å²) in [6, 6.07) is 0. The van der Waals surface area contributed by atoms with E-state index in [1.54, 1.807) is 0 Å². The third-order valence-corrected chi connectivity index (χ3v) is 9.24. The Morgan fingerprint density at radius 1 is 0.467 bits per heavy atom. The van der Waals surface area contributed by atoms with Crippen LogP contribution in [0, 0.1) is 0 Å². The maximum Gasteiger partial charge on any atom is 0.306 e. The van der Waals surface area contributed by atoms with E-state index >= 15 is 0 Å². The van der Waals surface area contributed by atoms with Gasteiger partial charge in [-0.2, -0.15) is 0 Å². The van der Waals surface area contributed by atoms with Gasteiger partial charge in [0.1, 0.15) is 6.10 Å². The van der Waals surface area contributed by atoms with E-state index in [1.807, 2.05) is 0 Å². The largest absolute Gasteiger partial charge is 0.481 e. The summed E-state index contributed by atoms with van der Waals surface area (Å²) in [7, 11) is 0. The van der Waals surface area contributed by atoms with Crippen molar-refractivity contribution in [2.45, 2.75) is 238 Å². The van der Waals surface area contributed by atoms with Gasteiger partial charge in [0.15, 0.2) is 0 Å². The Kier molecular flexibility index (Phi) is 36.1. The van der Waals surface area contributed by atoms with Crippen LogP contribution in [0.3, 0.4) is 0 Å². The van der Waals surface area contributed by atoms with E-state index in [4.69, 9.17) is 9.84 Å². The number of aliphatic carboxylic acids is 1. The fourth-order valence-corrected chi connectivity index (χ4v) is 6.24. The molecular formula is C41H78O4. The highest BCUT2D eigenvalue weighted by Crippen LogP contribution is 2.19. The summed E-state index contributed by atoms with van der Waals surface area (Å²) < 4.78 is 6.00. The summed E-state index contributed by atoms with van der Waals surface area (Å²) in [5, 5.41) is 8.82. The third-order valence-electron chi connectivity index (χ3n) is 9.24. The van der Waals surface area contributed by atoms with Crippen molar-refractivity contribution in [2.75, 3.05) is 0 Å². The molecule has 4 heteroatoms. The highest BCUT2D eigenvalue weighted by atomic mass is 16.5. The van der Waals surface area contributed by atoms with Crippen LogP contribution in [0.5, 0.6) is 0 Å². The molecule has 0 aromatic heterocycles. The molecule has 0 aliphatic rings. The third kappa shape index (κ3) is 37.0. The minimum absolute atomic E-state index is 0.00201. The van der Waals surface area contributed by atoms with Crippen molar-refractivity contribution in [1.29, 1.82) is 0 Å². The van der Waals surface area contributed by atoms with Crippen LogP contribution in [-0.2, 0) is 14.3 Å². The van der Waals surface area contributed by atoms with Crippen molar-refractivity contribution < 1.29 is 19.4 Å². The molecule has 0 aromatic rings. The fourth-order valence-electron chi connectivity index (χ4n) is 6.24. The molecule has 0 heterocycles. The Hall–Kier alpha value is -1.32. The molecule has 0 aromatic carbocycles.